The smallest absolute Gasteiger partial charge is 0.139 e. The van der Waals surface area contributed by atoms with Crippen LogP contribution in [0.4, 0.5) is 4.39 Å². The number of nitrogens with zero attached hydrogens (tertiary/aromatic N) is 2. The van der Waals surface area contributed by atoms with Crippen molar-refractivity contribution in [1.29, 1.82) is 0 Å². The van der Waals surface area contributed by atoms with E-state index in [-0.39, 0.29) is 5.82 Å². The predicted octanol–water partition coefficient (Wildman–Crippen LogP) is 5.47. The molecule has 3 rings (SSSR count). The van der Waals surface area contributed by atoms with Crippen LogP contribution in [-0.4, -0.2) is 15.4 Å². The Morgan fingerprint density at radius 3 is 2.81 bits per heavy atom. The van der Waals surface area contributed by atoms with E-state index in [4.69, 9.17) is 11.6 Å². The van der Waals surface area contributed by atoms with E-state index in [1.54, 1.807) is 12.1 Å². The molecule has 0 radical (unpaired) electrons. The summed E-state index contributed by atoms with van der Waals surface area (Å²) in [6.45, 7) is 2.23. The molecule has 1 saturated carbocycles. The third-order valence-corrected chi connectivity index (χ3v) is 5.41. The fourth-order valence-electron chi connectivity index (χ4n) is 3.51. The van der Waals surface area contributed by atoms with Gasteiger partial charge in [-0.2, -0.15) is 0 Å². The van der Waals surface area contributed by atoms with Crippen LogP contribution in [0.2, 0.25) is 0 Å². The van der Waals surface area contributed by atoms with Crippen LogP contribution in [0, 0.1) is 11.7 Å². The van der Waals surface area contributed by atoms with Crippen LogP contribution in [0.1, 0.15) is 44.5 Å². The maximum absolute atomic E-state index is 14.0. The van der Waals surface area contributed by atoms with E-state index in [1.807, 2.05) is 0 Å². The predicted molar refractivity (Wildman–Crippen MR) is 88.5 cm³/mol. The van der Waals surface area contributed by atoms with Gasteiger partial charge in [0.25, 0.3) is 0 Å². The third-order valence-electron chi connectivity index (χ3n) is 4.61. The summed E-state index contributed by atoms with van der Waals surface area (Å²) < 4.78 is 16.6. The Morgan fingerprint density at radius 1 is 1.43 bits per heavy atom. The Morgan fingerprint density at radius 2 is 2.14 bits per heavy atom. The van der Waals surface area contributed by atoms with Crippen molar-refractivity contribution >= 4 is 38.6 Å². The Hall–Kier alpha value is -0.610. The van der Waals surface area contributed by atoms with Crippen molar-refractivity contribution in [3.05, 3.63) is 28.2 Å². The monoisotopic (exact) mass is 372 g/mol. The van der Waals surface area contributed by atoms with Gasteiger partial charge in [-0.3, -0.25) is 0 Å². The highest BCUT2D eigenvalue weighted by atomic mass is 79.9. The maximum Gasteiger partial charge on any atom is 0.139 e. The van der Waals surface area contributed by atoms with Gasteiger partial charge in [-0.25, -0.2) is 9.37 Å². The van der Waals surface area contributed by atoms with E-state index in [2.05, 4.69) is 32.4 Å². The van der Waals surface area contributed by atoms with E-state index in [9.17, 15) is 4.39 Å². The van der Waals surface area contributed by atoms with Gasteiger partial charge in [0, 0.05) is 24.4 Å². The summed E-state index contributed by atoms with van der Waals surface area (Å²) in [6, 6.07) is 3.70. The molecular weight excluding hydrogens is 355 g/mol. The summed E-state index contributed by atoms with van der Waals surface area (Å²) in [4.78, 5) is 4.68. The normalized spacial score (nSPS) is 17.7. The maximum atomic E-state index is 14.0. The fraction of sp³-hybridized carbons (Fsp3) is 0.562. The zero-order valence-electron chi connectivity index (χ0n) is 12.1. The summed E-state index contributed by atoms with van der Waals surface area (Å²) in [5.74, 6) is 1.92. The van der Waals surface area contributed by atoms with Crippen molar-refractivity contribution in [2.75, 3.05) is 5.88 Å². The van der Waals surface area contributed by atoms with Crippen LogP contribution in [-0.2, 0) is 6.42 Å². The minimum Gasteiger partial charge on any atom is -0.325 e. The molecule has 0 saturated heterocycles. The van der Waals surface area contributed by atoms with Crippen molar-refractivity contribution in [3.8, 4) is 0 Å². The molecule has 0 aliphatic heterocycles. The molecule has 2 nitrogen and oxygen atoms in total. The second kappa shape index (κ2) is 6.25. The molecule has 0 amide bonds. The molecule has 1 aliphatic carbocycles. The van der Waals surface area contributed by atoms with Gasteiger partial charge in [-0.05, 0) is 47.7 Å². The SMILES string of the molecule is CC(C1CCCC1)n1c(CCCl)nc2cc(Br)c(F)cc21. The van der Waals surface area contributed by atoms with Crippen molar-refractivity contribution < 1.29 is 4.39 Å². The molecular formula is C16H19BrClFN2. The molecule has 0 N–H and O–H groups in total. The number of alkyl halides is 1. The molecule has 2 aromatic rings. The van der Waals surface area contributed by atoms with Gasteiger partial charge in [-0.1, -0.05) is 12.8 Å². The van der Waals surface area contributed by atoms with Crippen LogP contribution in [0.5, 0.6) is 0 Å². The molecule has 21 heavy (non-hydrogen) atoms. The van der Waals surface area contributed by atoms with Crippen LogP contribution in [0.25, 0.3) is 11.0 Å². The van der Waals surface area contributed by atoms with Gasteiger partial charge in [0.05, 0.1) is 15.5 Å². The molecule has 1 unspecified atom stereocenters. The van der Waals surface area contributed by atoms with E-state index in [1.165, 1.54) is 25.7 Å². The van der Waals surface area contributed by atoms with Crippen LogP contribution in [0.15, 0.2) is 16.6 Å². The zero-order chi connectivity index (χ0) is 15.0. The summed E-state index contributed by atoms with van der Waals surface area (Å²) in [7, 11) is 0. The van der Waals surface area contributed by atoms with Gasteiger partial charge in [0.1, 0.15) is 11.6 Å². The van der Waals surface area contributed by atoms with Crippen molar-refractivity contribution in [3.63, 3.8) is 0 Å². The highest BCUT2D eigenvalue weighted by molar-refractivity contribution is 9.10. The summed E-state index contributed by atoms with van der Waals surface area (Å²) in [5.41, 5.74) is 1.73. The van der Waals surface area contributed by atoms with Gasteiger partial charge >= 0.3 is 0 Å². The van der Waals surface area contributed by atoms with Gasteiger partial charge in [-0.15, -0.1) is 11.6 Å². The average Bonchev–Trinajstić information content (AvgIpc) is 3.07. The van der Waals surface area contributed by atoms with Crippen LogP contribution >= 0.6 is 27.5 Å². The average molecular weight is 374 g/mol. The third kappa shape index (κ3) is 2.85. The minimum absolute atomic E-state index is 0.236. The van der Waals surface area contributed by atoms with Crippen LogP contribution in [0.3, 0.4) is 0 Å². The molecule has 5 heteroatoms. The number of hydrogen-bond donors (Lipinski definition) is 0. The number of fused-ring (bicyclic) bond motifs is 1. The Balaban J connectivity index is 2.12. The first-order valence-corrected chi connectivity index (χ1v) is 8.86. The van der Waals surface area contributed by atoms with E-state index >= 15 is 0 Å². The van der Waals surface area contributed by atoms with E-state index in [0.717, 1.165) is 16.9 Å². The number of halogens is 3. The summed E-state index contributed by atoms with van der Waals surface area (Å²) >= 11 is 9.17. The Bertz CT molecular complexity index is 649. The Kier molecular flexibility index (Phi) is 4.55. The first-order valence-electron chi connectivity index (χ1n) is 7.53. The summed E-state index contributed by atoms with van der Waals surface area (Å²) in [6.07, 6.45) is 5.81. The first kappa shape index (κ1) is 15.3. The standard InChI is InChI=1S/C16H19BrClFN2/c1-10(11-4-2-3-5-11)21-15-9-13(19)12(17)8-14(15)20-16(21)6-7-18/h8-11H,2-7H2,1H3. The number of rotatable bonds is 4. The van der Waals surface area contributed by atoms with Crippen molar-refractivity contribution in [2.24, 2.45) is 5.92 Å². The molecule has 114 valence electrons. The van der Waals surface area contributed by atoms with Crippen molar-refractivity contribution in [1.82, 2.24) is 9.55 Å². The number of aryl methyl sites for hydroxylation is 1. The first-order chi connectivity index (χ1) is 10.1. The number of aromatic nitrogens is 2. The van der Waals surface area contributed by atoms with Crippen LogP contribution < -0.4 is 0 Å². The number of imidazole rings is 1. The van der Waals surface area contributed by atoms with Gasteiger partial charge < -0.3 is 4.57 Å². The molecule has 1 atom stereocenters. The highest BCUT2D eigenvalue weighted by Gasteiger charge is 2.26. The van der Waals surface area contributed by atoms with E-state index < -0.39 is 0 Å². The zero-order valence-corrected chi connectivity index (χ0v) is 14.4. The second-order valence-electron chi connectivity index (χ2n) is 5.88. The lowest BCUT2D eigenvalue weighted by atomic mass is 9.99. The topological polar surface area (TPSA) is 17.8 Å². The molecule has 1 fully saturated rings. The summed E-state index contributed by atoms with van der Waals surface area (Å²) in [5, 5.41) is 0. The lowest BCUT2D eigenvalue weighted by Gasteiger charge is -2.23. The number of benzene rings is 1. The largest absolute Gasteiger partial charge is 0.325 e. The molecule has 0 spiro atoms. The molecule has 1 aliphatic rings. The molecule has 1 aromatic heterocycles. The second-order valence-corrected chi connectivity index (χ2v) is 7.11. The Labute approximate surface area is 137 Å². The minimum atomic E-state index is -0.236. The molecule has 1 heterocycles. The lowest BCUT2D eigenvalue weighted by molar-refractivity contribution is 0.360. The van der Waals surface area contributed by atoms with Gasteiger partial charge in [0.2, 0.25) is 0 Å². The highest BCUT2D eigenvalue weighted by Crippen LogP contribution is 2.37. The van der Waals surface area contributed by atoms with Crippen molar-refractivity contribution in [2.45, 2.75) is 45.1 Å². The van der Waals surface area contributed by atoms with E-state index in [0.29, 0.717) is 28.7 Å². The molecule has 1 aromatic carbocycles. The fourth-order valence-corrected chi connectivity index (χ4v) is 4.01. The molecule has 0 bridgehead atoms. The lowest BCUT2D eigenvalue weighted by Crippen LogP contribution is -2.17. The number of hydrogen-bond acceptors (Lipinski definition) is 1. The van der Waals surface area contributed by atoms with Gasteiger partial charge in [0.15, 0.2) is 0 Å². The quantitative estimate of drug-likeness (QED) is 0.650.